The average molecular weight is 438 g/mol. The van der Waals surface area contributed by atoms with Gasteiger partial charge in [0.15, 0.2) is 0 Å². The fraction of sp³-hybridized carbons (Fsp3) is 0.682. The standard InChI is InChI=1S/C22H35N3O4S/c1-16(2)23-8-10-24(11-9-23)22(26)19-6-7-20(29-5)21(13-19)30(27,28)25-14-17(3)12-18(4)15-25/h6-7,13,16-18H,8-12,14-15H2,1-5H3. The number of hydrogen-bond donors (Lipinski definition) is 0. The van der Waals surface area contributed by atoms with Crippen molar-refractivity contribution in [2.75, 3.05) is 46.4 Å². The third-order valence-electron chi connectivity index (χ3n) is 6.20. The van der Waals surface area contributed by atoms with E-state index in [1.165, 1.54) is 13.2 Å². The Morgan fingerprint density at radius 1 is 1.07 bits per heavy atom. The first-order chi connectivity index (χ1) is 14.1. The molecule has 0 N–H and O–H groups in total. The van der Waals surface area contributed by atoms with Crippen LogP contribution in [0.5, 0.6) is 5.75 Å². The first-order valence-corrected chi connectivity index (χ1v) is 12.3. The molecule has 2 heterocycles. The summed E-state index contributed by atoms with van der Waals surface area (Å²) in [7, 11) is -2.29. The molecule has 2 atom stereocenters. The van der Waals surface area contributed by atoms with Gasteiger partial charge in [0.1, 0.15) is 10.6 Å². The van der Waals surface area contributed by atoms with E-state index in [1.54, 1.807) is 16.4 Å². The minimum absolute atomic E-state index is 0.0815. The smallest absolute Gasteiger partial charge is 0.253 e. The van der Waals surface area contributed by atoms with Gasteiger partial charge in [-0.15, -0.1) is 0 Å². The molecule has 0 aromatic heterocycles. The first-order valence-electron chi connectivity index (χ1n) is 10.8. The van der Waals surface area contributed by atoms with Crippen molar-refractivity contribution in [2.24, 2.45) is 11.8 Å². The molecule has 0 radical (unpaired) electrons. The van der Waals surface area contributed by atoms with Crippen molar-refractivity contribution in [3.05, 3.63) is 23.8 Å². The van der Waals surface area contributed by atoms with Gasteiger partial charge in [-0.1, -0.05) is 13.8 Å². The van der Waals surface area contributed by atoms with E-state index in [2.05, 4.69) is 32.6 Å². The number of rotatable bonds is 5. The zero-order chi connectivity index (χ0) is 22.1. The van der Waals surface area contributed by atoms with Gasteiger partial charge < -0.3 is 9.64 Å². The highest BCUT2D eigenvalue weighted by atomic mass is 32.2. The Labute approximate surface area is 181 Å². The van der Waals surface area contributed by atoms with Crippen LogP contribution in [0.15, 0.2) is 23.1 Å². The van der Waals surface area contributed by atoms with Crippen molar-refractivity contribution in [1.29, 1.82) is 0 Å². The summed E-state index contributed by atoms with van der Waals surface area (Å²) in [5, 5.41) is 0. The molecule has 7 nitrogen and oxygen atoms in total. The normalized spacial score (nSPS) is 24.3. The van der Waals surface area contributed by atoms with Crippen molar-refractivity contribution in [1.82, 2.24) is 14.1 Å². The number of hydrogen-bond acceptors (Lipinski definition) is 5. The number of piperidine rings is 1. The Bertz CT molecular complexity index is 853. The summed E-state index contributed by atoms with van der Waals surface area (Å²) in [6.07, 6.45) is 1.02. The quantitative estimate of drug-likeness (QED) is 0.708. The minimum Gasteiger partial charge on any atom is -0.495 e. The van der Waals surface area contributed by atoms with Crippen LogP contribution >= 0.6 is 0 Å². The number of ether oxygens (including phenoxy) is 1. The van der Waals surface area contributed by atoms with Gasteiger partial charge in [0.05, 0.1) is 7.11 Å². The van der Waals surface area contributed by atoms with Crippen molar-refractivity contribution in [3.8, 4) is 5.75 Å². The van der Waals surface area contributed by atoms with Crippen molar-refractivity contribution in [2.45, 2.75) is 45.1 Å². The van der Waals surface area contributed by atoms with E-state index in [0.29, 0.717) is 49.6 Å². The van der Waals surface area contributed by atoms with Gasteiger partial charge in [-0.3, -0.25) is 9.69 Å². The first kappa shape index (κ1) is 23.0. The number of methoxy groups -OCH3 is 1. The van der Waals surface area contributed by atoms with Gasteiger partial charge in [0.2, 0.25) is 10.0 Å². The van der Waals surface area contributed by atoms with Crippen LogP contribution in [0.25, 0.3) is 0 Å². The zero-order valence-electron chi connectivity index (χ0n) is 18.8. The van der Waals surface area contributed by atoms with Crippen molar-refractivity contribution >= 4 is 15.9 Å². The Kier molecular flexibility index (Phi) is 7.09. The summed E-state index contributed by atoms with van der Waals surface area (Å²) in [6, 6.07) is 5.21. The van der Waals surface area contributed by atoms with E-state index >= 15 is 0 Å². The Balaban J connectivity index is 1.86. The molecule has 0 aliphatic carbocycles. The number of benzene rings is 1. The molecule has 168 valence electrons. The molecule has 0 saturated carbocycles. The number of carbonyl (C=O) groups is 1. The third kappa shape index (κ3) is 4.81. The summed E-state index contributed by atoms with van der Waals surface area (Å²) < 4.78 is 33.8. The maximum atomic E-state index is 13.4. The van der Waals surface area contributed by atoms with Crippen molar-refractivity contribution in [3.63, 3.8) is 0 Å². The number of nitrogens with zero attached hydrogens (tertiary/aromatic N) is 3. The van der Waals surface area contributed by atoms with Crippen molar-refractivity contribution < 1.29 is 17.9 Å². The van der Waals surface area contributed by atoms with E-state index in [-0.39, 0.29) is 16.6 Å². The average Bonchev–Trinajstić information content (AvgIpc) is 2.72. The minimum atomic E-state index is -3.75. The predicted molar refractivity (Wildman–Crippen MR) is 117 cm³/mol. The molecular formula is C22H35N3O4S. The molecule has 1 amide bonds. The molecule has 2 aliphatic rings. The van der Waals surface area contributed by atoms with Gasteiger partial charge in [0.25, 0.3) is 5.91 Å². The topological polar surface area (TPSA) is 70.2 Å². The van der Waals surface area contributed by atoms with Crippen LogP contribution in [0.3, 0.4) is 0 Å². The summed E-state index contributed by atoms with van der Waals surface area (Å²) >= 11 is 0. The lowest BCUT2D eigenvalue weighted by Crippen LogP contribution is -2.50. The van der Waals surface area contributed by atoms with Crippen LogP contribution in [-0.2, 0) is 10.0 Å². The Morgan fingerprint density at radius 2 is 1.67 bits per heavy atom. The number of carbonyl (C=O) groups excluding carboxylic acids is 1. The van der Waals surface area contributed by atoms with Crippen LogP contribution in [-0.4, -0.2) is 80.9 Å². The summed E-state index contributed by atoms with van der Waals surface area (Å²) in [6.45, 7) is 12.4. The summed E-state index contributed by atoms with van der Waals surface area (Å²) in [5.74, 6) is 0.758. The van der Waals surface area contributed by atoms with Crippen LogP contribution in [0.4, 0.5) is 0 Å². The zero-order valence-corrected chi connectivity index (χ0v) is 19.6. The second kappa shape index (κ2) is 9.24. The van der Waals surface area contributed by atoms with Gasteiger partial charge in [-0.25, -0.2) is 8.42 Å². The van der Waals surface area contributed by atoms with Gasteiger partial charge in [-0.2, -0.15) is 4.31 Å². The molecule has 3 rings (SSSR count). The molecule has 2 saturated heterocycles. The monoisotopic (exact) mass is 437 g/mol. The third-order valence-corrected chi connectivity index (χ3v) is 8.05. The highest BCUT2D eigenvalue weighted by Crippen LogP contribution is 2.32. The second-order valence-corrected chi connectivity index (χ2v) is 11.0. The van der Waals surface area contributed by atoms with Gasteiger partial charge in [-0.05, 0) is 50.3 Å². The molecule has 2 aliphatic heterocycles. The molecular weight excluding hydrogens is 402 g/mol. The lowest BCUT2D eigenvalue weighted by Gasteiger charge is -2.37. The van der Waals surface area contributed by atoms with Gasteiger partial charge >= 0.3 is 0 Å². The molecule has 30 heavy (non-hydrogen) atoms. The Hall–Kier alpha value is -1.64. The molecule has 2 unspecified atom stereocenters. The lowest BCUT2D eigenvalue weighted by molar-refractivity contribution is 0.0595. The molecule has 8 heteroatoms. The maximum Gasteiger partial charge on any atom is 0.253 e. The lowest BCUT2D eigenvalue weighted by atomic mass is 9.94. The van der Waals surface area contributed by atoms with E-state index in [0.717, 1.165) is 19.5 Å². The fourth-order valence-corrected chi connectivity index (χ4v) is 6.44. The highest BCUT2D eigenvalue weighted by Gasteiger charge is 2.34. The van der Waals surface area contributed by atoms with E-state index < -0.39 is 10.0 Å². The molecule has 0 spiro atoms. The second-order valence-electron chi connectivity index (χ2n) is 9.06. The number of sulfonamides is 1. The van der Waals surface area contributed by atoms with Crippen LogP contribution in [0.1, 0.15) is 44.5 Å². The molecule has 2 fully saturated rings. The van der Waals surface area contributed by atoms with Crippen LogP contribution in [0, 0.1) is 11.8 Å². The van der Waals surface area contributed by atoms with E-state index in [4.69, 9.17) is 4.74 Å². The fourth-order valence-electron chi connectivity index (χ4n) is 4.58. The largest absolute Gasteiger partial charge is 0.495 e. The summed E-state index contributed by atoms with van der Waals surface area (Å²) in [4.78, 5) is 17.3. The van der Waals surface area contributed by atoms with Crippen LogP contribution < -0.4 is 4.74 Å². The molecule has 0 bridgehead atoms. The number of piperazine rings is 1. The van der Waals surface area contributed by atoms with Gasteiger partial charge in [0, 0.05) is 50.9 Å². The van der Waals surface area contributed by atoms with E-state index in [9.17, 15) is 13.2 Å². The highest BCUT2D eigenvalue weighted by molar-refractivity contribution is 7.89. The predicted octanol–water partition coefficient (Wildman–Crippen LogP) is 2.53. The SMILES string of the molecule is COc1ccc(C(=O)N2CCN(C(C)C)CC2)cc1S(=O)(=O)N1CC(C)CC(C)C1. The van der Waals surface area contributed by atoms with E-state index in [1.807, 2.05) is 4.90 Å². The maximum absolute atomic E-state index is 13.4. The number of amides is 1. The molecule has 1 aromatic rings. The molecule has 1 aromatic carbocycles. The Morgan fingerprint density at radius 3 is 2.20 bits per heavy atom. The van der Waals surface area contributed by atoms with Crippen LogP contribution in [0.2, 0.25) is 0 Å². The summed E-state index contributed by atoms with van der Waals surface area (Å²) in [5.41, 5.74) is 0.394.